The molecule has 1 aliphatic carbocycles. The van der Waals surface area contributed by atoms with Crippen LogP contribution < -0.4 is 11.1 Å². The zero-order chi connectivity index (χ0) is 13.7. The number of hydrogen-bond donors (Lipinski definition) is 2. The quantitative estimate of drug-likeness (QED) is 0.749. The van der Waals surface area contributed by atoms with Gasteiger partial charge >= 0.3 is 0 Å². The first-order valence-electron chi connectivity index (χ1n) is 6.95. The molecule has 0 saturated heterocycles. The van der Waals surface area contributed by atoms with E-state index in [0.29, 0.717) is 24.2 Å². The van der Waals surface area contributed by atoms with Gasteiger partial charge in [0, 0.05) is 12.5 Å². The summed E-state index contributed by atoms with van der Waals surface area (Å²) in [5.41, 5.74) is 5.75. The third-order valence-corrected chi connectivity index (χ3v) is 4.02. The minimum atomic E-state index is -0.569. The Morgan fingerprint density at radius 1 is 1.50 bits per heavy atom. The second-order valence-corrected chi connectivity index (χ2v) is 5.96. The molecule has 1 amide bonds. The second-order valence-electron chi connectivity index (χ2n) is 5.96. The molecule has 3 nitrogen and oxygen atoms in total. The zero-order valence-electron chi connectivity index (χ0n) is 11.8. The van der Waals surface area contributed by atoms with Gasteiger partial charge in [-0.1, -0.05) is 27.2 Å². The molecule has 4 unspecified atom stereocenters. The van der Waals surface area contributed by atoms with Gasteiger partial charge in [-0.15, -0.1) is 12.3 Å². The number of amides is 1. The Hall–Kier alpha value is -1.01. The van der Waals surface area contributed by atoms with E-state index in [1.165, 1.54) is 12.8 Å². The largest absolute Gasteiger partial charge is 0.352 e. The molecule has 1 aliphatic rings. The fourth-order valence-electron chi connectivity index (χ4n) is 2.88. The van der Waals surface area contributed by atoms with Crippen LogP contribution in [0.1, 0.15) is 46.5 Å². The normalized spacial score (nSPS) is 29.7. The first-order chi connectivity index (χ1) is 8.45. The summed E-state index contributed by atoms with van der Waals surface area (Å²) in [6.07, 6.45) is 8.99. The van der Waals surface area contributed by atoms with E-state index in [4.69, 9.17) is 12.2 Å². The lowest BCUT2D eigenvalue weighted by molar-refractivity contribution is -0.123. The van der Waals surface area contributed by atoms with Crippen molar-refractivity contribution in [2.45, 2.75) is 58.5 Å². The van der Waals surface area contributed by atoms with Gasteiger partial charge in [0.2, 0.25) is 5.91 Å². The monoisotopic (exact) mass is 250 g/mol. The van der Waals surface area contributed by atoms with Gasteiger partial charge in [-0.05, 0) is 30.6 Å². The highest BCUT2D eigenvalue weighted by molar-refractivity contribution is 5.82. The number of carbonyl (C=O) groups excluding carboxylic acids is 1. The van der Waals surface area contributed by atoms with Crippen LogP contribution in [-0.4, -0.2) is 18.0 Å². The fourth-order valence-corrected chi connectivity index (χ4v) is 2.88. The first-order valence-corrected chi connectivity index (χ1v) is 6.95. The van der Waals surface area contributed by atoms with Crippen molar-refractivity contribution in [3.63, 3.8) is 0 Å². The smallest absolute Gasteiger partial charge is 0.238 e. The average molecular weight is 250 g/mol. The molecular weight excluding hydrogens is 224 g/mol. The molecule has 0 bridgehead atoms. The van der Waals surface area contributed by atoms with Crippen molar-refractivity contribution in [2.75, 3.05) is 0 Å². The molecule has 0 aromatic heterocycles. The Balaban J connectivity index is 2.61. The molecule has 102 valence electrons. The van der Waals surface area contributed by atoms with Crippen molar-refractivity contribution in [1.82, 2.24) is 5.32 Å². The zero-order valence-corrected chi connectivity index (χ0v) is 11.8. The number of hydrogen-bond acceptors (Lipinski definition) is 2. The van der Waals surface area contributed by atoms with Crippen LogP contribution in [0.5, 0.6) is 0 Å². The SMILES string of the molecule is C#CCC(N)C(=O)NC1CC(C)CCC1C(C)C. The Morgan fingerprint density at radius 3 is 2.72 bits per heavy atom. The molecule has 4 atom stereocenters. The van der Waals surface area contributed by atoms with Crippen molar-refractivity contribution in [2.24, 2.45) is 23.5 Å². The summed E-state index contributed by atoms with van der Waals surface area (Å²) >= 11 is 0. The van der Waals surface area contributed by atoms with Crippen molar-refractivity contribution >= 4 is 5.91 Å². The first kappa shape index (κ1) is 15.0. The molecular formula is C15H26N2O. The van der Waals surface area contributed by atoms with E-state index in [1.807, 2.05) is 0 Å². The molecule has 18 heavy (non-hydrogen) atoms. The van der Waals surface area contributed by atoms with Crippen LogP contribution in [0.3, 0.4) is 0 Å². The maximum Gasteiger partial charge on any atom is 0.238 e. The summed E-state index contributed by atoms with van der Waals surface area (Å²) in [5.74, 6) is 4.17. The van der Waals surface area contributed by atoms with Gasteiger partial charge in [0.05, 0.1) is 6.04 Å². The molecule has 0 radical (unpaired) electrons. The third kappa shape index (κ3) is 4.03. The molecule has 0 aliphatic heterocycles. The minimum Gasteiger partial charge on any atom is -0.352 e. The summed E-state index contributed by atoms with van der Waals surface area (Å²) in [6.45, 7) is 6.69. The standard InChI is InChI=1S/C15H26N2O/c1-5-6-13(16)15(18)17-14-9-11(4)7-8-12(14)10(2)3/h1,10-14H,6-9,16H2,2-4H3,(H,17,18). The molecule has 1 fully saturated rings. The Labute approximate surface area is 111 Å². The van der Waals surface area contributed by atoms with E-state index in [0.717, 1.165) is 6.42 Å². The Kier molecular flexibility index (Phi) is 5.68. The van der Waals surface area contributed by atoms with E-state index in [-0.39, 0.29) is 11.9 Å². The topological polar surface area (TPSA) is 55.1 Å². The predicted octanol–water partition coefficient (Wildman–Crippen LogP) is 1.91. The lowest BCUT2D eigenvalue weighted by Crippen LogP contribution is -2.50. The average Bonchev–Trinajstić information content (AvgIpc) is 2.28. The molecule has 1 saturated carbocycles. The predicted molar refractivity (Wildman–Crippen MR) is 74.7 cm³/mol. The van der Waals surface area contributed by atoms with E-state index in [1.54, 1.807) is 0 Å². The summed E-state index contributed by atoms with van der Waals surface area (Å²) in [7, 11) is 0. The molecule has 3 N–H and O–H groups in total. The maximum absolute atomic E-state index is 11.9. The number of nitrogens with two attached hydrogens (primary N) is 1. The van der Waals surface area contributed by atoms with Gasteiger partial charge in [-0.3, -0.25) is 4.79 Å². The lowest BCUT2D eigenvalue weighted by Gasteiger charge is -2.38. The van der Waals surface area contributed by atoms with Gasteiger partial charge in [0.1, 0.15) is 0 Å². The van der Waals surface area contributed by atoms with Crippen LogP contribution in [0.25, 0.3) is 0 Å². The van der Waals surface area contributed by atoms with Crippen LogP contribution in [0.4, 0.5) is 0 Å². The van der Waals surface area contributed by atoms with E-state index in [9.17, 15) is 4.79 Å². The lowest BCUT2D eigenvalue weighted by atomic mass is 9.74. The van der Waals surface area contributed by atoms with E-state index < -0.39 is 6.04 Å². The fraction of sp³-hybridized carbons (Fsp3) is 0.800. The maximum atomic E-state index is 11.9. The van der Waals surface area contributed by atoms with Gasteiger partial charge < -0.3 is 11.1 Å². The number of rotatable bonds is 4. The van der Waals surface area contributed by atoms with Crippen molar-refractivity contribution in [3.8, 4) is 12.3 Å². The number of terminal acetylenes is 1. The van der Waals surface area contributed by atoms with Crippen molar-refractivity contribution in [1.29, 1.82) is 0 Å². The van der Waals surface area contributed by atoms with Gasteiger partial charge in [0.15, 0.2) is 0 Å². The Bertz CT molecular complexity index is 319. The van der Waals surface area contributed by atoms with Crippen LogP contribution in [0.15, 0.2) is 0 Å². The van der Waals surface area contributed by atoms with Crippen LogP contribution >= 0.6 is 0 Å². The summed E-state index contributed by atoms with van der Waals surface area (Å²) in [4.78, 5) is 11.9. The summed E-state index contributed by atoms with van der Waals surface area (Å²) in [6, 6.07) is -0.315. The highest BCUT2D eigenvalue weighted by Gasteiger charge is 2.32. The van der Waals surface area contributed by atoms with Crippen molar-refractivity contribution < 1.29 is 4.79 Å². The van der Waals surface area contributed by atoms with Gasteiger partial charge in [-0.25, -0.2) is 0 Å². The molecule has 1 rings (SSSR count). The number of nitrogens with one attached hydrogen (secondary N) is 1. The number of carbonyl (C=O) groups is 1. The minimum absolute atomic E-state index is 0.0994. The Morgan fingerprint density at radius 2 is 2.17 bits per heavy atom. The highest BCUT2D eigenvalue weighted by atomic mass is 16.2. The van der Waals surface area contributed by atoms with Crippen molar-refractivity contribution in [3.05, 3.63) is 0 Å². The third-order valence-electron chi connectivity index (χ3n) is 4.02. The van der Waals surface area contributed by atoms with Gasteiger partial charge in [-0.2, -0.15) is 0 Å². The van der Waals surface area contributed by atoms with E-state index in [2.05, 4.69) is 32.0 Å². The molecule has 3 heteroatoms. The molecule has 0 aromatic carbocycles. The van der Waals surface area contributed by atoms with Crippen LogP contribution in [0.2, 0.25) is 0 Å². The summed E-state index contributed by atoms with van der Waals surface area (Å²) < 4.78 is 0. The van der Waals surface area contributed by atoms with Gasteiger partial charge in [0.25, 0.3) is 0 Å². The van der Waals surface area contributed by atoms with Crippen LogP contribution in [-0.2, 0) is 4.79 Å². The molecule has 0 aromatic rings. The molecule has 0 spiro atoms. The second kappa shape index (κ2) is 6.80. The van der Waals surface area contributed by atoms with Crippen LogP contribution in [0, 0.1) is 30.1 Å². The molecule has 0 heterocycles. The van der Waals surface area contributed by atoms with E-state index >= 15 is 0 Å². The highest BCUT2D eigenvalue weighted by Crippen LogP contribution is 2.33. The summed E-state index contributed by atoms with van der Waals surface area (Å²) in [5, 5.41) is 3.11.